The number of nitrogens with two attached hydrogens (primary N) is 1. The first-order valence-electron chi connectivity index (χ1n) is 5.76. The van der Waals surface area contributed by atoms with E-state index in [0.29, 0.717) is 0 Å². The van der Waals surface area contributed by atoms with Crippen molar-refractivity contribution in [1.82, 2.24) is 0 Å². The van der Waals surface area contributed by atoms with Gasteiger partial charge in [0, 0.05) is 25.5 Å². The zero-order valence-electron chi connectivity index (χ0n) is 10.4. The normalized spacial score (nSPS) is 10.2. The molecule has 0 aliphatic carbocycles. The van der Waals surface area contributed by atoms with Crippen molar-refractivity contribution in [2.45, 2.75) is 6.42 Å². The average Bonchev–Trinajstić information content (AvgIpc) is 2.29. The molecule has 2 heteroatoms. The first-order chi connectivity index (χ1) is 8.15. The van der Waals surface area contributed by atoms with E-state index in [4.69, 9.17) is 5.73 Å². The highest BCUT2D eigenvalue weighted by Crippen LogP contribution is 2.17. The summed E-state index contributed by atoms with van der Waals surface area (Å²) >= 11 is 0. The Balaban J connectivity index is 2.21. The van der Waals surface area contributed by atoms with Crippen molar-refractivity contribution < 1.29 is 0 Å². The number of nitrogen functional groups attached to an aromatic ring is 1. The monoisotopic (exact) mass is 226 g/mol. The van der Waals surface area contributed by atoms with Crippen LogP contribution < -0.4 is 10.6 Å². The Bertz CT molecular complexity index is 504. The minimum Gasteiger partial charge on any atom is -0.399 e. The summed E-state index contributed by atoms with van der Waals surface area (Å²) in [6.45, 7) is 0. The molecule has 0 radical (unpaired) electrons. The van der Waals surface area contributed by atoms with Crippen LogP contribution in [-0.4, -0.2) is 14.1 Å². The van der Waals surface area contributed by atoms with E-state index in [-0.39, 0.29) is 0 Å². The molecule has 0 amide bonds. The molecule has 0 saturated heterocycles. The van der Waals surface area contributed by atoms with Crippen molar-refractivity contribution >= 4 is 11.4 Å². The molecule has 2 aromatic rings. The van der Waals surface area contributed by atoms with Crippen molar-refractivity contribution in [1.29, 1.82) is 0 Å². The molecule has 0 aliphatic heterocycles. The second kappa shape index (κ2) is 4.91. The van der Waals surface area contributed by atoms with Crippen LogP contribution in [0.2, 0.25) is 0 Å². The fourth-order valence-electron chi connectivity index (χ4n) is 1.88. The van der Waals surface area contributed by atoms with Gasteiger partial charge in [0.15, 0.2) is 0 Å². The van der Waals surface area contributed by atoms with Crippen LogP contribution in [0.4, 0.5) is 11.4 Å². The molecule has 2 N–H and O–H groups in total. The molecule has 0 bridgehead atoms. The molecular weight excluding hydrogens is 208 g/mol. The molecule has 0 fully saturated rings. The van der Waals surface area contributed by atoms with Gasteiger partial charge in [-0.05, 0) is 41.8 Å². The molecule has 0 saturated carbocycles. The van der Waals surface area contributed by atoms with E-state index in [9.17, 15) is 0 Å². The summed E-state index contributed by atoms with van der Waals surface area (Å²) in [4.78, 5) is 2.11. The fraction of sp³-hybridized carbons (Fsp3) is 0.200. The second-order valence-corrected chi connectivity index (χ2v) is 4.49. The van der Waals surface area contributed by atoms with Crippen LogP contribution in [-0.2, 0) is 6.42 Å². The van der Waals surface area contributed by atoms with Gasteiger partial charge >= 0.3 is 0 Å². The van der Waals surface area contributed by atoms with Gasteiger partial charge < -0.3 is 10.6 Å². The molecule has 2 nitrogen and oxygen atoms in total. The maximum atomic E-state index is 5.78. The third kappa shape index (κ3) is 3.00. The van der Waals surface area contributed by atoms with Gasteiger partial charge in [0.25, 0.3) is 0 Å². The van der Waals surface area contributed by atoms with Gasteiger partial charge in [0.2, 0.25) is 0 Å². The molecule has 88 valence electrons. The summed E-state index contributed by atoms with van der Waals surface area (Å²) in [5.41, 5.74) is 10.4. The molecule has 2 aromatic carbocycles. The third-order valence-electron chi connectivity index (χ3n) is 2.79. The maximum absolute atomic E-state index is 5.78. The number of nitrogens with zero attached hydrogens (tertiary/aromatic N) is 1. The van der Waals surface area contributed by atoms with Crippen molar-refractivity contribution in [3.8, 4) is 0 Å². The van der Waals surface area contributed by atoms with Gasteiger partial charge in [-0.15, -0.1) is 0 Å². The lowest BCUT2D eigenvalue weighted by molar-refractivity contribution is 1.11. The molecule has 0 heterocycles. The van der Waals surface area contributed by atoms with Crippen LogP contribution in [0.15, 0.2) is 48.5 Å². The lowest BCUT2D eigenvalue weighted by Gasteiger charge is -2.13. The Morgan fingerprint density at radius 1 is 0.941 bits per heavy atom. The van der Waals surface area contributed by atoms with Gasteiger partial charge in [-0.2, -0.15) is 0 Å². The molecule has 2 rings (SSSR count). The van der Waals surface area contributed by atoms with E-state index >= 15 is 0 Å². The smallest absolute Gasteiger partial charge is 0.0363 e. The van der Waals surface area contributed by atoms with Crippen LogP contribution in [0.3, 0.4) is 0 Å². The van der Waals surface area contributed by atoms with Crippen molar-refractivity contribution in [2.24, 2.45) is 0 Å². The van der Waals surface area contributed by atoms with Gasteiger partial charge in [-0.3, -0.25) is 0 Å². The van der Waals surface area contributed by atoms with E-state index in [1.807, 2.05) is 18.2 Å². The highest BCUT2D eigenvalue weighted by atomic mass is 15.1. The summed E-state index contributed by atoms with van der Waals surface area (Å²) in [6, 6.07) is 16.6. The first-order valence-corrected chi connectivity index (χ1v) is 5.76. The lowest BCUT2D eigenvalue weighted by Crippen LogP contribution is -2.08. The fourth-order valence-corrected chi connectivity index (χ4v) is 1.88. The summed E-state index contributed by atoms with van der Waals surface area (Å²) in [5.74, 6) is 0. The van der Waals surface area contributed by atoms with Crippen molar-refractivity contribution in [3.05, 3.63) is 59.7 Å². The zero-order valence-corrected chi connectivity index (χ0v) is 10.4. The van der Waals surface area contributed by atoms with Crippen molar-refractivity contribution in [2.75, 3.05) is 24.7 Å². The van der Waals surface area contributed by atoms with Crippen LogP contribution in [0.1, 0.15) is 11.1 Å². The number of hydrogen-bond donors (Lipinski definition) is 1. The molecule has 0 spiro atoms. The number of anilines is 2. The SMILES string of the molecule is CN(C)c1cccc(Cc2cccc(N)c2)c1. The van der Waals surface area contributed by atoms with E-state index < -0.39 is 0 Å². The Labute approximate surface area is 103 Å². The summed E-state index contributed by atoms with van der Waals surface area (Å²) < 4.78 is 0. The minimum absolute atomic E-state index is 0.825. The predicted molar refractivity (Wildman–Crippen MR) is 74.4 cm³/mol. The standard InChI is InChI=1S/C15H18N2/c1-17(2)15-8-4-6-13(11-15)9-12-5-3-7-14(16)10-12/h3-8,10-11H,9,16H2,1-2H3. The van der Waals surface area contributed by atoms with Gasteiger partial charge in [-0.1, -0.05) is 24.3 Å². The van der Waals surface area contributed by atoms with E-state index in [2.05, 4.69) is 49.3 Å². The van der Waals surface area contributed by atoms with Crippen LogP contribution in [0.5, 0.6) is 0 Å². The molecule has 0 atom stereocenters. The lowest BCUT2D eigenvalue weighted by atomic mass is 10.0. The molecule has 17 heavy (non-hydrogen) atoms. The second-order valence-electron chi connectivity index (χ2n) is 4.49. The number of benzene rings is 2. The summed E-state index contributed by atoms with van der Waals surface area (Å²) in [5, 5.41) is 0. The summed E-state index contributed by atoms with van der Waals surface area (Å²) in [6.07, 6.45) is 0.923. The van der Waals surface area contributed by atoms with Crippen LogP contribution >= 0.6 is 0 Å². The molecule has 0 aromatic heterocycles. The van der Waals surface area contributed by atoms with E-state index in [1.165, 1.54) is 16.8 Å². The number of rotatable bonds is 3. The molecule has 0 unspecified atom stereocenters. The summed E-state index contributed by atoms with van der Waals surface area (Å²) in [7, 11) is 4.11. The van der Waals surface area contributed by atoms with Gasteiger partial charge in [0.05, 0.1) is 0 Å². The Kier molecular flexibility index (Phi) is 3.33. The van der Waals surface area contributed by atoms with Gasteiger partial charge in [0.1, 0.15) is 0 Å². The first kappa shape index (κ1) is 11.5. The largest absolute Gasteiger partial charge is 0.399 e. The van der Waals surface area contributed by atoms with Crippen LogP contribution in [0, 0.1) is 0 Å². The van der Waals surface area contributed by atoms with Gasteiger partial charge in [-0.25, -0.2) is 0 Å². The van der Waals surface area contributed by atoms with Crippen LogP contribution in [0.25, 0.3) is 0 Å². The Morgan fingerprint density at radius 3 is 2.24 bits per heavy atom. The van der Waals surface area contributed by atoms with Crippen molar-refractivity contribution in [3.63, 3.8) is 0 Å². The van der Waals surface area contributed by atoms with E-state index in [1.54, 1.807) is 0 Å². The minimum atomic E-state index is 0.825. The quantitative estimate of drug-likeness (QED) is 0.815. The molecular formula is C15H18N2. The zero-order chi connectivity index (χ0) is 12.3. The average molecular weight is 226 g/mol. The predicted octanol–water partition coefficient (Wildman–Crippen LogP) is 2.93. The Morgan fingerprint density at radius 2 is 1.59 bits per heavy atom. The Hall–Kier alpha value is -1.96. The third-order valence-corrected chi connectivity index (χ3v) is 2.79. The van der Waals surface area contributed by atoms with E-state index in [0.717, 1.165) is 12.1 Å². The number of hydrogen-bond acceptors (Lipinski definition) is 2. The highest BCUT2D eigenvalue weighted by Gasteiger charge is 2.00. The maximum Gasteiger partial charge on any atom is 0.0363 e. The topological polar surface area (TPSA) is 29.3 Å². The molecule has 0 aliphatic rings. The highest BCUT2D eigenvalue weighted by molar-refractivity contribution is 5.49.